The molecule has 2 nitrogen and oxygen atoms in total. The first kappa shape index (κ1) is 19.9. The van der Waals surface area contributed by atoms with E-state index in [1.165, 1.54) is 0 Å². The van der Waals surface area contributed by atoms with Gasteiger partial charge < -0.3 is 4.74 Å². The molecule has 0 N–H and O–H groups in total. The lowest BCUT2D eigenvalue weighted by atomic mass is 9.95. The maximum Gasteiger partial charge on any atom is 0.118 e. The van der Waals surface area contributed by atoms with Crippen molar-refractivity contribution in [2.24, 2.45) is 0 Å². The Kier molecular flexibility index (Phi) is 6.21. The van der Waals surface area contributed by atoms with Gasteiger partial charge >= 0.3 is 0 Å². The lowest BCUT2D eigenvalue weighted by Gasteiger charge is -2.17. The molecular weight excluding hydrogens is 388 g/mol. The second-order valence-electron chi connectivity index (χ2n) is 6.75. The van der Waals surface area contributed by atoms with Crippen LogP contribution in [0.5, 0.6) is 5.75 Å². The van der Waals surface area contributed by atoms with Crippen molar-refractivity contribution in [1.29, 1.82) is 0 Å². The Morgan fingerprint density at radius 2 is 1.07 bits per heavy atom. The first-order valence-corrected chi connectivity index (χ1v) is 10.9. The minimum absolute atomic E-state index is 0.768. The summed E-state index contributed by atoms with van der Waals surface area (Å²) in [5.74, 6) is 0.768. The quantitative estimate of drug-likeness (QED) is 0.343. The smallest absolute Gasteiger partial charge is 0.118 e. The van der Waals surface area contributed by atoms with Crippen molar-refractivity contribution in [3.8, 4) is 5.75 Å². The van der Waals surface area contributed by atoms with Gasteiger partial charge in [0, 0.05) is 10.5 Å². The average Bonchev–Trinajstić information content (AvgIpc) is 2.84. The van der Waals surface area contributed by atoms with Crippen molar-refractivity contribution in [3.63, 3.8) is 0 Å². The summed E-state index contributed by atoms with van der Waals surface area (Å²) in [7, 11) is 0.273. The van der Waals surface area contributed by atoms with E-state index >= 15 is 0 Å². The summed E-state index contributed by atoms with van der Waals surface area (Å²) >= 11 is 0. The Bertz CT molecular complexity index is 1110. The minimum Gasteiger partial charge on any atom is -0.497 e. The molecular formula is C27H22O2S. The zero-order valence-electron chi connectivity index (χ0n) is 16.7. The van der Waals surface area contributed by atoms with Crippen LogP contribution in [0.4, 0.5) is 0 Å². The van der Waals surface area contributed by atoms with Gasteiger partial charge in [-0.25, -0.2) is 4.21 Å². The number of methoxy groups -OCH3 is 1. The Hall–Kier alpha value is -3.43. The summed E-state index contributed by atoms with van der Waals surface area (Å²) in [5.41, 5.74) is 3.92. The molecule has 0 aromatic heterocycles. The normalized spacial score (nSPS) is 11.5. The number of ether oxygens (including phenoxy) is 1. The van der Waals surface area contributed by atoms with Gasteiger partial charge in [0.25, 0.3) is 0 Å². The lowest BCUT2D eigenvalue weighted by molar-refractivity contribution is 0.415. The van der Waals surface area contributed by atoms with E-state index in [1.807, 2.05) is 91.0 Å². The van der Waals surface area contributed by atoms with Crippen LogP contribution in [0.3, 0.4) is 0 Å². The van der Waals surface area contributed by atoms with Crippen molar-refractivity contribution in [2.45, 2.75) is 4.90 Å². The van der Waals surface area contributed by atoms with E-state index in [0.717, 1.165) is 37.8 Å². The zero-order chi connectivity index (χ0) is 20.8. The number of hydrogen-bond acceptors (Lipinski definition) is 2. The molecule has 0 aliphatic carbocycles. The Morgan fingerprint density at radius 1 is 0.600 bits per heavy atom. The molecule has 0 amide bonds. The predicted molar refractivity (Wildman–Crippen MR) is 125 cm³/mol. The Labute approximate surface area is 179 Å². The third kappa shape index (κ3) is 4.27. The fourth-order valence-electron chi connectivity index (χ4n) is 3.39. The molecule has 1 unspecified atom stereocenters. The maximum atomic E-state index is 13.9. The molecule has 0 saturated heterocycles. The highest BCUT2D eigenvalue weighted by Gasteiger charge is 2.20. The molecule has 0 fully saturated rings. The largest absolute Gasteiger partial charge is 0.497 e. The average molecular weight is 411 g/mol. The Balaban J connectivity index is 2.03. The maximum absolute atomic E-state index is 13.9. The molecule has 148 valence electrons. The van der Waals surface area contributed by atoms with E-state index in [2.05, 4.69) is 24.3 Å². The third-order valence-corrected chi connectivity index (χ3v) is 6.36. The van der Waals surface area contributed by atoms with Gasteiger partial charge in [0.05, 0.1) is 22.8 Å². The second-order valence-corrected chi connectivity index (χ2v) is 8.16. The molecule has 0 saturated carbocycles. The van der Waals surface area contributed by atoms with E-state index in [4.69, 9.17) is 4.74 Å². The third-order valence-electron chi connectivity index (χ3n) is 4.85. The molecule has 4 aromatic carbocycles. The van der Waals surface area contributed by atoms with E-state index < -0.39 is 10.8 Å². The van der Waals surface area contributed by atoms with E-state index in [0.29, 0.717) is 0 Å². The monoisotopic (exact) mass is 410 g/mol. The molecule has 0 radical (unpaired) electrons. The number of hydrogen-bond donors (Lipinski definition) is 0. The topological polar surface area (TPSA) is 26.3 Å². The first-order valence-electron chi connectivity index (χ1n) is 9.74. The van der Waals surface area contributed by atoms with E-state index in [9.17, 15) is 4.21 Å². The summed E-state index contributed by atoms with van der Waals surface area (Å²) in [5, 5.41) is 0. The number of benzene rings is 4. The lowest BCUT2D eigenvalue weighted by Crippen LogP contribution is -2.02. The molecule has 1 atom stereocenters. The number of rotatable bonds is 6. The molecule has 0 bridgehead atoms. The van der Waals surface area contributed by atoms with E-state index in [1.54, 1.807) is 7.11 Å². The summed E-state index contributed by atoms with van der Waals surface area (Å²) in [4.78, 5) is 1.55. The standard InChI is InChI=1S/C27H22O2S/c1-29-24-19-17-23(18-20-24)27(30(28)25-15-9-4-10-16-25)26(21-11-5-2-6-12-21)22-13-7-3-8-14-22/h2-20H,1H3. The van der Waals surface area contributed by atoms with E-state index in [-0.39, 0.29) is 0 Å². The van der Waals surface area contributed by atoms with Crippen LogP contribution in [-0.2, 0) is 10.8 Å². The molecule has 0 spiro atoms. The van der Waals surface area contributed by atoms with Crippen molar-refractivity contribution in [3.05, 3.63) is 132 Å². The zero-order valence-corrected chi connectivity index (χ0v) is 17.5. The summed E-state index contributed by atoms with van der Waals surface area (Å²) in [6, 6.07) is 37.6. The summed E-state index contributed by atoms with van der Waals surface area (Å²) < 4.78 is 19.2. The van der Waals surface area contributed by atoms with Gasteiger partial charge in [-0.2, -0.15) is 0 Å². The van der Waals surface area contributed by atoms with Crippen LogP contribution in [0, 0.1) is 0 Å². The molecule has 0 aliphatic rings. The van der Waals surface area contributed by atoms with Crippen molar-refractivity contribution in [2.75, 3.05) is 7.11 Å². The molecule has 4 aromatic rings. The Morgan fingerprint density at radius 3 is 1.53 bits per heavy atom. The molecule has 0 aliphatic heterocycles. The van der Waals surface area contributed by atoms with Crippen LogP contribution in [0.15, 0.2) is 120 Å². The molecule has 30 heavy (non-hydrogen) atoms. The van der Waals surface area contributed by atoms with Crippen LogP contribution in [0.2, 0.25) is 0 Å². The highest BCUT2D eigenvalue weighted by atomic mass is 32.2. The predicted octanol–water partition coefficient (Wildman–Crippen LogP) is 6.42. The molecule has 0 heterocycles. The van der Waals surface area contributed by atoms with Crippen molar-refractivity contribution >= 4 is 21.3 Å². The van der Waals surface area contributed by atoms with Crippen LogP contribution in [0.1, 0.15) is 16.7 Å². The summed E-state index contributed by atoms with van der Waals surface area (Å²) in [6.45, 7) is 0. The van der Waals surface area contributed by atoms with Crippen LogP contribution in [0.25, 0.3) is 10.5 Å². The first-order chi connectivity index (χ1) is 14.8. The van der Waals surface area contributed by atoms with Crippen LogP contribution in [-0.4, -0.2) is 11.3 Å². The van der Waals surface area contributed by atoms with Gasteiger partial charge in [-0.15, -0.1) is 0 Å². The van der Waals surface area contributed by atoms with Gasteiger partial charge in [-0.1, -0.05) is 91.0 Å². The SMILES string of the molecule is COc1ccc(C(=C(c2ccccc2)c2ccccc2)S(=O)c2ccccc2)cc1. The molecule has 4 rings (SSSR count). The van der Waals surface area contributed by atoms with Gasteiger partial charge in [0.1, 0.15) is 5.75 Å². The second kappa shape index (κ2) is 9.38. The van der Waals surface area contributed by atoms with Crippen molar-refractivity contribution < 1.29 is 8.95 Å². The van der Waals surface area contributed by atoms with Gasteiger partial charge in [0.15, 0.2) is 0 Å². The van der Waals surface area contributed by atoms with Crippen molar-refractivity contribution in [1.82, 2.24) is 0 Å². The highest BCUT2D eigenvalue weighted by molar-refractivity contribution is 7.95. The van der Waals surface area contributed by atoms with Gasteiger partial charge in [0.2, 0.25) is 0 Å². The van der Waals surface area contributed by atoms with Crippen LogP contribution < -0.4 is 4.74 Å². The minimum atomic E-state index is -1.37. The van der Waals surface area contributed by atoms with Gasteiger partial charge in [-0.3, -0.25) is 0 Å². The van der Waals surface area contributed by atoms with Crippen LogP contribution >= 0.6 is 0 Å². The molecule has 3 heteroatoms. The van der Waals surface area contributed by atoms with Gasteiger partial charge in [-0.05, 0) is 41.0 Å². The summed E-state index contributed by atoms with van der Waals surface area (Å²) in [6.07, 6.45) is 0. The fourth-order valence-corrected chi connectivity index (χ4v) is 4.80. The highest BCUT2D eigenvalue weighted by Crippen LogP contribution is 2.37. The fraction of sp³-hybridized carbons (Fsp3) is 0.0370.